The van der Waals surface area contributed by atoms with Crippen LogP contribution in [0.1, 0.15) is 75.0 Å². The van der Waals surface area contributed by atoms with Crippen molar-refractivity contribution in [1.29, 1.82) is 0 Å². The molecule has 2 aromatic rings. The molecule has 39 heavy (non-hydrogen) atoms. The Kier molecular flexibility index (Phi) is 10.2. The zero-order chi connectivity index (χ0) is 28.9. The van der Waals surface area contributed by atoms with E-state index in [9.17, 15) is 14.4 Å². The van der Waals surface area contributed by atoms with Crippen LogP contribution in [0.3, 0.4) is 0 Å². The van der Waals surface area contributed by atoms with Gasteiger partial charge in [0.1, 0.15) is 11.9 Å². The van der Waals surface area contributed by atoms with Gasteiger partial charge >= 0.3 is 5.97 Å². The van der Waals surface area contributed by atoms with Crippen LogP contribution < -0.4 is 5.32 Å². The number of nitrogens with zero attached hydrogens (tertiary/aromatic N) is 2. The molecule has 2 amide bonds. The van der Waals surface area contributed by atoms with Crippen molar-refractivity contribution in [2.45, 2.75) is 65.8 Å². The Hall–Kier alpha value is -2.94. The predicted molar refractivity (Wildman–Crippen MR) is 153 cm³/mol. The number of hydrogen-bond donors (Lipinski definition) is 2. The molecule has 210 valence electrons. The van der Waals surface area contributed by atoms with E-state index in [1.807, 2.05) is 13.8 Å². The zero-order valence-electron chi connectivity index (χ0n) is 22.8. The van der Waals surface area contributed by atoms with Crippen molar-refractivity contribution >= 4 is 46.7 Å². The number of carboxylic acids is 1. The normalized spacial score (nSPS) is 17.1. The molecule has 2 aromatic carbocycles. The number of aliphatic carboxylic acids is 1. The minimum atomic E-state index is -0.982. The van der Waals surface area contributed by atoms with Crippen molar-refractivity contribution < 1.29 is 24.2 Å². The van der Waals surface area contributed by atoms with E-state index in [1.165, 1.54) is 0 Å². The lowest BCUT2D eigenvalue weighted by molar-refractivity contribution is -0.136. The summed E-state index contributed by atoms with van der Waals surface area (Å²) >= 11 is 12.5. The third-order valence-corrected chi connectivity index (χ3v) is 7.06. The second kappa shape index (κ2) is 12.9. The van der Waals surface area contributed by atoms with Gasteiger partial charge in [0.2, 0.25) is 0 Å². The molecule has 1 aliphatic heterocycles. The SMILES string of the molecule is CCOC(C[C@H]1N=C(c2cc(Cl)cc(Cl)c2)C(=O)N1[C@H](C)c1ccc(C(=O)NCCC(=O)O)cc1)C(C)(C)C. The fraction of sp³-hybridized carbons (Fsp3) is 0.448. The highest BCUT2D eigenvalue weighted by Gasteiger charge is 2.41. The summed E-state index contributed by atoms with van der Waals surface area (Å²) in [7, 11) is 0. The Morgan fingerprint density at radius 2 is 1.74 bits per heavy atom. The first-order valence-electron chi connectivity index (χ1n) is 12.9. The molecule has 0 fully saturated rings. The maximum absolute atomic E-state index is 13.8. The summed E-state index contributed by atoms with van der Waals surface area (Å²) in [6, 6.07) is 11.5. The number of benzene rings is 2. The molecule has 1 heterocycles. The summed E-state index contributed by atoms with van der Waals surface area (Å²) in [4.78, 5) is 43.5. The monoisotopic (exact) mass is 575 g/mol. The van der Waals surface area contributed by atoms with Gasteiger partial charge in [0.15, 0.2) is 0 Å². The highest BCUT2D eigenvalue weighted by atomic mass is 35.5. The van der Waals surface area contributed by atoms with E-state index in [0.717, 1.165) is 5.56 Å². The van der Waals surface area contributed by atoms with Crippen LogP contribution >= 0.6 is 23.2 Å². The van der Waals surface area contributed by atoms with E-state index in [2.05, 4.69) is 26.1 Å². The van der Waals surface area contributed by atoms with Gasteiger partial charge < -0.3 is 20.1 Å². The molecular formula is C29H35Cl2N3O5. The number of aliphatic imine (C=N–C) groups is 1. The molecule has 0 bridgehead atoms. The zero-order valence-corrected chi connectivity index (χ0v) is 24.3. The molecule has 0 saturated carbocycles. The highest BCUT2D eigenvalue weighted by Crippen LogP contribution is 2.35. The Morgan fingerprint density at radius 1 is 1.13 bits per heavy atom. The maximum Gasteiger partial charge on any atom is 0.305 e. The minimum absolute atomic E-state index is 0.0404. The van der Waals surface area contributed by atoms with Crippen LogP contribution in [0.15, 0.2) is 47.5 Å². The Labute approximate surface area is 239 Å². The van der Waals surface area contributed by atoms with Crippen molar-refractivity contribution in [3.63, 3.8) is 0 Å². The summed E-state index contributed by atoms with van der Waals surface area (Å²) in [5.41, 5.74) is 1.88. The topological polar surface area (TPSA) is 108 Å². The lowest BCUT2D eigenvalue weighted by Crippen LogP contribution is -2.42. The summed E-state index contributed by atoms with van der Waals surface area (Å²) in [6.07, 6.45) is -0.306. The highest BCUT2D eigenvalue weighted by molar-refractivity contribution is 6.47. The maximum atomic E-state index is 13.8. The number of halogens is 2. The lowest BCUT2D eigenvalue weighted by atomic mass is 9.86. The number of ether oxygens (including phenoxy) is 1. The molecule has 0 aromatic heterocycles. The Morgan fingerprint density at radius 3 is 2.28 bits per heavy atom. The van der Waals surface area contributed by atoms with Gasteiger partial charge in [0, 0.05) is 40.7 Å². The standard InChI is InChI=1S/C29H35Cl2N3O5/c1-6-39-23(29(3,4)5)16-24-33-26(20-13-21(30)15-22(31)14-20)28(38)34(24)17(2)18-7-9-19(10-8-18)27(37)32-12-11-25(35)36/h7-10,13-15,17,23-24H,6,11-12,16H2,1-5H3,(H,32,37)(H,35,36)/t17-,23?,24+/m1/s1. The van der Waals surface area contributed by atoms with Crippen LogP contribution in [0, 0.1) is 5.41 Å². The minimum Gasteiger partial charge on any atom is -0.481 e. The Bertz CT molecular complexity index is 1220. The molecule has 1 aliphatic rings. The predicted octanol–water partition coefficient (Wildman–Crippen LogP) is 5.76. The molecule has 0 spiro atoms. The smallest absolute Gasteiger partial charge is 0.305 e. The van der Waals surface area contributed by atoms with Gasteiger partial charge in [-0.25, -0.2) is 0 Å². The van der Waals surface area contributed by atoms with Gasteiger partial charge in [-0.05, 0) is 55.2 Å². The first kappa shape index (κ1) is 30.6. The average molecular weight is 577 g/mol. The van der Waals surface area contributed by atoms with Crippen molar-refractivity contribution in [2.75, 3.05) is 13.2 Å². The van der Waals surface area contributed by atoms with Gasteiger partial charge in [0.05, 0.1) is 18.6 Å². The van der Waals surface area contributed by atoms with Crippen molar-refractivity contribution in [2.24, 2.45) is 10.4 Å². The number of carbonyl (C=O) groups excluding carboxylic acids is 2. The molecule has 2 N–H and O–H groups in total. The lowest BCUT2D eigenvalue weighted by Gasteiger charge is -2.36. The van der Waals surface area contributed by atoms with Crippen molar-refractivity contribution in [3.05, 3.63) is 69.2 Å². The first-order chi connectivity index (χ1) is 18.3. The Balaban J connectivity index is 1.91. The summed E-state index contributed by atoms with van der Waals surface area (Å²) < 4.78 is 6.07. The summed E-state index contributed by atoms with van der Waals surface area (Å²) in [6.45, 7) is 10.7. The van der Waals surface area contributed by atoms with Gasteiger partial charge in [-0.1, -0.05) is 56.1 Å². The quantitative estimate of drug-likeness (QED) is 0.354. The molecule has 3 rings (SSSR count). The van der Waals surface area contributed by atoms with Gasteiger partial charge in [-0.15, -0.1) is 0 Å². The van der Waals surface area contributed by atoms with Gasteiger partial charge in [-0.3, -0.25) is 19.4 Å². The van der Waals surface area contributed by atoms with Crippen LogP contribution in [-0.2, 0) is 14.3 Å². The van der Waals surface area contributed by atoms with E-state index in [-0.39, 0.29) is 48.1 Å². The summed E-state index contributed by atoms with van der Waals surface area (Å²) in [5, 5.41) is 12.2. The second-order valence-electron chi connectivity index (χ2n) is 10.6. The van der Waals surface area contributed by atoms with Crippen LogP contribution in [0.25, 0.3) is 0 Å². The summed E-state index contributed by atoms with van der Waals surface area (Å²) in [5.74, 6) is -1.59. The van der Waals surface area contributed by atoms with Crippen molar-refractivity contribution in [3.8, 4) is 0 Å². The van der Waals surface area contributed by atoms with Crippen LogP contribution in [0.5, 0.6) is 0 Å². The largest absolute Gasteiger partial charge is 0.481 e. The van der Waals surface area contributed by atoms with Crippen molar-refractivity contribution in [1.82, 2.24) is 10.2 Å². The molecule has 1 unspecified atom stereocenters. The van der Waals surface area contributed by atoms with E-state index >= 15 is 0 Å². The van der Waals surface area contributed by atoms with E-state index < -0.39 is 12.1 Å². The van der Waals surface area contributed by atoms with E-state index in [0.29, 0.717) is 34.2 Å². The van der Waals surface area contributed by atoms with E-state index in [1.54, 1.807) is 47.4 Å². The van der Waals surface area contributed by atoms with Crippen LogP contribution in [0.4, 0.5) is 0 Å². The number of carboxylic acid groups (broad SMARTS) is 1. The number of amides is 2. The molecule has 0 radical (unpaired) electrons. The number of hydrogen-bond acceptors (Lipinski definition) is 5. The van der Waals surface area contributed by atoms with Gasteiger partial charge in [-0.2, -0.15) is 0 Å². The third kappa shape index (κ3) is 7.81. The molecule has 0 saturated heterocycles. The molecule has 3 atom stereocenters. The van der Waals surface area contributed by atoms with E-state index in [4.69, 9.17) is 38.0 Å². The fourth-order valence-corrected chi connectivity index (χ4v) is 5.06. The molecular weight excluding hydrogens is 541 g/mol. The number of carbonyl (C=O) groups is 3. The van der Waals surface area contributed by atoms with Crippen LogP contribution in [-0.4, -0.2) is 58.9 Å². The number of nitrogens with one attached hydrogen (secondary N) is 1. The molecule has 10 heteroatoms. The average Bonchev–Trinajstić information content (AvgIpc) is 3.17. The van der Waals surface area contributed by atoms with Crippen LogP contribution in [0.2, 0.25) is 10.0 Å². The molecule has 0 aliphatic carbocycles. The molecule has 8 nitrogen and oxygen atoms in total. The number of rotatable bonds is 11. The fourth-order valence-electron chi connectivity index (χ4n) is 4.54. The van der Waals surface area contributed by atoms with Gasteiger partial charge in [0.25, 0.3) is 11.8 Å². The third-order valence-electron chi connectivity index (χ3n) is 6.63. The first-order valence-corrected chi connectivity index (χ1v) is 13.7. The second-order valence-corrected chi connectivity index (χ2v) is 11.4.